The number of hydrogen-bond donors (Lipinski definition) is 2. The topological polar surface area (TPSA) is 69.9 Å². The van der Waals surface area contributed by atoms with Gasteiger partial charge in [0.25, 0.3) is 0 Å². The van der Waals surface area contributed by atoms with Gasteiger partial charge < -0.3 is 11.6 Å². The molecule has 3 rings (SSSR count). The van der Waals surface area contributed by atoms with Crippen LogP contribution < -0.4 is 11.6 Å². The summed E-state index contributed by atoms with van der Waals surface area (Å²) < 4.78 is 15.4. The number of rotatable bonds is 2. The Hall–Kier alpha value is -2.53. The molecule has 0 aliphatic heterocycles. The Morgan fingerprint density at radius 2 is 1.76 bits per heavy atom. The molecule has 2 aromatic carbocycles. The van der Waals surface area contributed by atoms with Crippen LogP contribution in [0.1, 0.15) is 0 Å². The van der Waals surface area contributed by atoms with Gasteiger partial charge in [0.2, 0.25) is 0 Å². The highest BCUT2D eigenvalue weighted by atomic mass is 35.5. The van der Waals surface area contributed by atoms with Crippen molar-refractivity contribution < 1.29 is 4.39 Å². The Morgan fingerprint density at radius 1 is 1.05 bits per heavy atom. The van der Waals surface area contributed by atoms with Gasteiger partial charge in [-0.1, -0.05) is 48.0 Å². The molecule has 0 amide bonds. The van der Waals surface area contributed by atoms with Gasteiger partial charge in [-0.3, -0.25) is 0 Å². The Bertz CT molecular complexity index is 799. The number of benzene rings is 2. The molecule has 0 aliphatic carbocycles. The van der Waals surface area contributed by atoms with Crippen molar-refractivity contribution in [1.82, 2.24) is 9.66 Å². The molecule has 0 spiro atoms. The minimum Gasteiger partial charge on any atom is -0.382 e. The number of imidazole rings is 1. The van der Waals surface area contributed by atoms with Crippen LogP contribution >= 0.6 is 11.6 Å². The van der Waals surface area contributed by atoms with Crippen LogP contribution in [0, 0.1) is 5.82 Å². The largest absolute Gasteiger partial charge is 0.382 e. The first-order valence-corrected chi connectivity index (χ1v) is 6.60. The SMILES string of the molecule is Nc1c(-c2cccc(Cl)c2F)nc(-c2ccccc2)n1N. The van der Waals surface area contributed by atoms with Crippen molar-refractivity contribution >= 4 is 17.4 Å². The molecular formula is C15H12ClFN4. The van der Waals surface area contributed by atoms with E-state index in [0.29, 0.717) is 5.82 Å². The lowest BCUT2D eigenvalue weighted by Gasteiger charge is -2.03. The monoisotopic (exact) mass is 302 g/mol. The molecule has 0 bridgehead atoms. The van der Waals surface area contributed by atoms with Gasteiger partial charge >= 0.3 is 0 Å². The minimum atomic E-state index is -0.566. The molecule has 1 aromatic heterocycles. The molecule has 3 aromatic rings. The smallest absolute Gasteiger partial charge is 0.160 e. The average Bonchev–Trinajstić information content (AvgIpc) is 2.79. The van der Waals surface area contributed by atoms with Gasteiger partial charge in [0.15, 0.2) is 17.5 Å². The normalized spacial score (nSPS) is 10.8. The Morgan fingerprint density at radius 3 is 2.48 bits per heavy atom. The summed E-state index contributed by atoms with van der Waals surface area (Å²) in [6.45, 7) is 0. The van der Waals surface area contributed by atoms with E-state index in [1.807, 2.05) is 30.3 Å². The highest BCUT2D eigenvalue weighted by molar-refractivity contribution is 6.31. The Balaban J connectivity index is 2.20. The number of hydrogen-bond acceptors (Lipinski definition) is 3. The minimum absolute atomic E-state index is 0.0136. The van der Waals surface area contributed by atoms with Crippen molar-refractivity contribution in [2.45, 2.75) is 0 Å². The van der Waals surface area contributed by atoms with Crippen LogP contribution in [0.3, 0.4) is 0 Å². The number of anilines is 1. The summed E-state index contributed by atoms with van der Waals surface area (Å²) in [5, 5.41) is 0.0136. The average molecular weight is 303 g/mol. The van der Waals surface area contributed by atoms with Gasteiger partial charge in [0.05, 0.1) is 5.02 Å². The molecule has 6 heteroatoms. The first-order chi connectivity index (χ1) is 10.1. The summed E-state index contributed by atoms with van der Waals surface area (Å²) in [5.74, 6) is 6.01. The van der Waals surface area contributed by atoms with Gasteiger partial charge in [-0.2, -0.15) is 0 Å². The predicted molar refractivity (Wildman–Crippen MR) is 82.6 cm³/mol. The van der Waals surface area contributed by atoms with E-state index in [9.17, 15) is 4.39 Å². The maximum atomic E-state index is 14.1. The number of aromatic nitrogens is 2. The molecule has 0 atom stereocenters. The molecule has 21 heavy (non-hydrogen) atoms. The summed E-state index contributed by atoms with van der Waals surface area (Å²) in [6, 6.07) is 14.0. The molecule has 0 radical (unpaired) electrons. The quantitative estimate of drug-likeness (QED) is 0.714. The van der Waals surface area contributed by atoms with E-state index in [0.717, 1.165) is 5.56 Å². The second kappa shape index (κ2) is 5.10. The number of nitrogen functional groups attached to an aromatic ring is 2. The molecule has 4 nitrogen and oxygen atoms in total. The van der Waals surface area contributed by atoms with E-state index in [4.69, 9.17) is 23.2 Å². The summed E-state index contributed by atoms with van der Waals surface area (Å²) in [6.07, 6.45) is 0. The van der Waals surface area contributed by atoms with Gasteiger partial charge in [-0.25, -0.2) is 14.1 Å². The number of nitrogens with zero attached hydrogens (tertiary/aromatic N) is 2. The molecular weight excluding hydrogens is 291 g/mol. The fraction of sp³-hybridized carbons (Fsp3) is 0. The maximum absolute atomic E-state index is 14.1. The van der Waals surface area contributed by atoms with Crippen molar-refractivity contribution in [3.63, 3.8) is 0 Å². The maximum Gasteiger partial charge on any atom is 0.160 e. The standard InChI is InChI=1S/C15H12ClFN4/c16-11-8-4-7-10(12(11)17)13-14(18)21(19)15(20-13)9-5-2-1-3-6-9/h1-8H,18-19H2. The molecule has 0 saturated heterocycles. The lowest BCUT2D eigenvalue weighted by molar-refractivity contribution is 0.631. The van der Waals surface area contributed by atoms with E-state index >= 15 is 0 Å². The van der Waals surface area contributed by atoms with Crippen LogP contribution in [0.2, 0.25) is 5.02 Å². The van der Waals surface area contributed by atoms with Gasteiger partial charge in [0, 0.05) is 11.1 Å². The van der Waals surface area contributed by atoms with Crippen LogP contribution in [0.25, 0.3) is 22.6 Å². The fourth-order valence-corrected chi connectivity index (χ4v) is 2.30. The lowest BCUT2D eigenvalue weighted by Crippen LogP contribution is -2.13. The molecule has 4 N–H and O–H groups in total. The number of halogens is 2. The van der Waals surface area contributed by atoms with Crippen molar-refractivity contribution in [1.29, 1.82) is 0 Å². The van der Waals surface area contributed by atoms with Gasteiger partial charge in [-0.05, 0) is 12.1 Å². The summed E-state index contributed by atoms with van der Waals surface area (Å²) in [7, 11) is 0. The fourth-order valence-electron chi connectivity index (χ4n) is 2.12. The first-order valence-electron chi connectivity index (χ1n) is 6.22. The van der Waals surface area contributed by atoms with E-state index in [2.05, 4.69) is 4.98 Å². The Labute approximate surface area is 125 Å². The molecule has 1 heterocycles. The highest BCUT2D eigenvalue weighted by Gasteiger charge is 2.19. The van der Waals surface area contributed by atoms with Crippen LogP contribution in [0.15, 0.2) is 48.5 Å². The van der Waals surface area contributed by atoms with Crippen LogP contribution in [0.5, 0.6) is 0 Å². The zero-order valence-corrected chi connectivity index (χ0v) is 11.7. The van der Waals surface area contributed by atoms with E-state index in [1.54, 1.807) is 12.1 Å². The van der Waals surface area contributed by atoms with Crippen molar-refractivity contribution in [3.8, 4) is 22.6 Å². The molecule has 0 aliphatic rings. The molecule has 0 fully saturated rings. The third-order valence-electron chi connectivity index (χ3n) is 3.19. The van der Waals surface area contributed by atoms with E-state index in [1.165, 1.54) is 10.7 Å². The third kappa shape index (κ3) is 2.21. The first kappa shape index (κ1) is 13.5. The summed E-state index contributed by atoms with van der Waals surface area (Å²) in [5.41, 5.74) is 7.25. The van der Waals surface area contributed by atoms with Gasteiger partial charge in [-0.15, -0.1) is 0 Å². The zero-order valence-electron chi connectivity index (χ0n) is 10.9. The molecule has 0 unspecified atom stereocenters. The summed E-state index contributed by atoms with van der Waals surface area (Å²) in [4.78, 5) is 4.37. The Kier molecular flexibility index (Phi) is 3.27. The molecule has 106 valence electrons. The second-order valence-electron chi connectivity index (χ2n) is 4.51. The molecule has 0 saturated carbocycles. The number of nitrogens with two attached hydrogens (primary N) is 2. The predicted octanol–water partition coefficient (Wildman–Crippen LogP) is 3.31. The van der Waals surface area contributed by atoms with Crippen LogP contribution in [-0.4, -0.2) is 9.66 Å². The van der Waals surface area contributed by atoms with Crippen LogP contribution in [-0.2, 0) is 0 Å². The van der Waals surface area contributed by atoms with E-state index in [-0.39, 0.29) is 22.1 Å². The highest BCUT2D eigenvalue weighted by Crippen LogP contribution is 2.33. The second-order valence-corrected chi connectivity index (χ2v) is 4.91. The van der Waals surface area contributed by atoms with Crippen molar-refractivity contribution in [2.24, 2.45) is 0 Å². The lowest BCUT2D eigenvalue weighted by atomic mass is 10.1. The van der Waals surface area contributed by atoms with Crippen molar-refractivity contribution in [3.05, 3.63) is 59.4 Å². The van der Waals surface area contributed by atoms with Crippen LogP contribution in [0.4, 0.5) is 10.2 Å². The third-order valence-corrected chi connectivity index (χ3v) is 3.48. The van der Waals surface area contributed by atoms with Gasteiger partial charge in [0.1, 0.15) is 5.69 Å². The zero-order chi connectivity index (χ0) is 15.0. The van der Waals surface area contributed by atoms with E-state index < -0.39 is 5.82 Å². The summed E-state index contributed by atoms with van der Waals surface area (Å²) >= 11 is 5.80. The van der Waals surface area contributed by atoms with Crippen molar-refractivity contribution in [2.75, 3.05) is 11.6 Å².